The van der Waals surface area contributed by atoms with Crippen LogP contribution < -0.4 is 10.6 Å². The molecule has 0 atom stereocenters. The molecule has 0 bridgehead atoms. The zero-order valence-corrected chi connectivity index (χ0v) is 11.4. The van der Waals surface area contributed by atoms with Crippen LogP contribution in [0.15, 0.2) is 24.8 Å². The fourth-order valence-electron chi connectivity index (χ4n) is 1.65. The summed E-state index contributed by atoms with van der Waals surface area (Å²) in [6, 6.07) is 0.898. The number of hydrogen-bond acceptors (Lipinski definition) is 5. The number of nitrogens with zero attached hydrogens (tertiary/aromatic N) is 4. The third kappa shape index (κ3) is 4.33. The number of anilines is 2. The molecule has 0 aliphatic heterocycles. The van der Waals surface area contributed by atoms with Crippen LogP contribution in [-0.2, 0) is 12.7 Å². The van der Waals surface area contributed by atoms with E-state index in [-0.39, 0.29) is 11.8 Å². The van der Waals surface area contributed by atoms with Gasteiger partial charge < -0.3 is 15.2 Å². The SMILES string of the molecule is CCNc1nc(NCCn2ccnc2)cc(C(F)(F)F)n1. The molecular weight excluding hydrogens is 285 g/mol. The van der Waals surface area contributed by atoms with E-state index in [1.54, 1.807) is 25.6 Å². The largest absolute Gasteiger partial charge is 0.433 e. The van der Waals surface area contributed by atoms with Gasteiger partial charge in [-0.3, -0.25) is 0 Å². The maximum absolute atomic E-state index is 12.8. The van der Waals surface area contributed by atoms with Gasteiger partial charge in [-0.25, -0.2) is 9.97 Å². The fourth-order valence-corrected chi connectivity index (χ4v) is 1.65. The number of alkyl halides is 3. The van der Waals surface area contributed by atoms with E-state index in [4.69, 9.17) is 0 Å². The van der Waals surface area contributed by atoms with Crippen molar-refractivity contribution in [2.45, 2.75) is 19.6 Å². The van der Waals surface area contributed by atoms with Crippen LogP contribution in [0.2, 0.25) is 0 Å². The third-order valence-corrected chi connectivity index (χ3v) is 2.59. The first kappa shape index (κ1) is 15.1. The molecule has 0 unspecified atom stereocenters. The minimum atomic E-state index is -4.51. The Morgan fingerprint density at radius 2 is 2.05 bits per heavy atom. The summed E-state index contributed by atoms with van der Waals surface area (Å²) < 4.78 is 40.1. The topological polar surface area (TPSA) is 67.7 Å². The van der Waals surface area contributed by atoms with Crippen molar-refractivity contribution in [1.82, 2.24) is 19.5 Å². The summed E-state index contributed by atoms with van der Waals surface area (Å²) >= 11 is 0. The first-order valence-corrected chi connectivity index (χ1v) is 6.39. The molecule has 6 nitrogen and oxygen atoms in total. The zero-order chi connectivity index (χ0) is 15.3. The Balaban J connectivity index is 2.08. The Morgan fingerprint density at radius 3 is 2.67 bits per heavy atom. The van der Waals surface area contributed by atoms with Gasteiger partial charge in [0.1, 0.15) is 5.82 Å². The van der Waals surface area contributed by atoms with Crippen molar-refractivity contribution in [3.8, 4) is 0 Å². The molecule has 0 saturated carbocycles. The van der Waals surface area contributed by atoms with Crippen molar-refractivity contribution in [3.05, 3.63) is 30.5 Å². The van der Waals surface area contributed by atoms with Gasteiger partial charge in [0.25, 0.3) is 0 Å². The number of rotatable bonds is 6. The van der Waals surface area contributed by atoms with Crippen molar-refractivity contribution in [3.63, 3.8) is 0 Å². The molecule has 2 rings (SSSR count). The normalized spacial score (nSPS) is 11.4. The lowest BCUT2D eigenvalue weighted by atomic mass is 10.3. The lowest BCUT2D eigenvalue weighted by Crippen LogP contribution is -2.15. The van der Waals surface area contributed by atoms with Gasteiger partial charge in [0.15, 0.2) is 5.69 Å². The minimum absolute atomic E-state index is 0.0440. The smallest absolute Gasteiger partial charge is 0.368 e. The lowest BCUT2D eigenvalue weighted by molar-refractivity contribution is -0.141. The number of hydrogen-bond donors (Lipinski definition) is 2. The van der Waals surface area contributed by atoms with Crippen molar-refractivity contribution in [2.75, 3.05) is 23.7 Å². The average Bonchev–Trinajstić information content (AvgIpc) is 2.91. The molecule has 2 N–H and O–H groups in total. The van der Waals surface area contributed by atoms with Gasteiger partial charge in [0.05, 0.1) is 6.33 Å². The molecular formula is C12H15F3N6. The molecule has 0 saturated heterocycles. The van der Waals surface area contributed by atoms with Crippen molar-refractivity contribution in [2.24, 2.45) is 0 Å². The first-order chi connectivity index (χ1) is 9.99. The summed E-state index contributed by atoms with van der Waals surface area (Å²) in [7, 11) is 0. The van der Waals surface area contributed by atoms with Gasteiger partial charge in [0.2, 0.25) is 5.95 Å². The van der Waals surface area contributed by atoms with Gasteiger partial charge in [-0.05, 0) is 6.92 Å². The number of nitrogens with one attached hydrogen (secondary N) is 2. The van der Waals surface area contributed by atoms with Crippen LogP contribution in [0.5, 0.6) is 0 Å². The lowest BCUT2D eigenvalue weighted by Gasteiger charge is -2.12. The summed E-state index contributed by atoms with van der Waals surface area (Å²) in [4.78, 5) is 11.3. The van der Waals surface area contributed by atoms with E-state index in [1.807, 2.05) is 4.57 Å². The maximum atomic E-state index is 12.8. The van der Waals surface area contributed by atoms with E-state index in [9.17, 15) is 13.2 Å². The van der Waals surface area contributed by atoms with Crippen molar-refractivity contribution in [1.29, 1.82) is 0 Å². The summed E-state index contributed by atoms with van der Waals surface area (Å²) in [5.41, 5.74) is -0.974. The molecule has 114 valence electrons. The predicted molar refractivity (Wildman–Crippen MR) is 71.9 cm³/mol. The second-order valence-electron chi connectivity index (χ2n) is 4.22. The summed E-state index contributed by atoms with van der Waals surface area (Å²) in [6.45, 7) is 3.20. The molecule has 0 aromatic carbocycles. The minimum Gasteiger partial charge on any atom is -0.368 e. The molecule has 2 aromatic rings. The molecule has 2 aromatic heterocycles. The van der Waals surface area contributed by atoms with Gasteiger partial charge in [-0.1, -0.05) is 0 Å². The molecule has 2 heterocycles. The Kier molecular flexibility index (Phi) is 4.61. The van der Waals surface area contributed by atoms with Gasteiger partial charge in [-0.2, -0.15) is 18.2 Å². The van der Waals surface area contributed by atoms with Crippen molar-refractivity contribution < 1.29 is 13.2 Å². The van der Waals surface area contributed by atoms with Crippen LogP contribution in [0, 0.1) is 0 Å². The summed E-state index contributed by atoms with van der Waals surface area (Å²) in [5, 5.41) is 5.54. The maximum Gasteiger partial charge on any atom is 0.433 e. The van der Waals surface area contributed by atoms with E-state index in [0.717, 1.165) is 6.07 Å². The Bertz CT molecular complexity index is 567. The molecule has 0 spiro atoms. The molecule has 0 fully saturated rings. The van der Waals surface area contributed by atoms with Gasteiger partial charge in [-0.15, -0.1) is 0 Å². The number of aromatic nitrogens is 4. The van der Waals surface area contributed by atoms with Crippen LogP contribution in [0.3, 0.4) is 0 Å². The van der Waals surface area contributed by atoms with Gasteiger partial charge >= 0.3 is 6.18 Å². The van der Waals surface area contributed by atoms with Crippen molar-refractivity contribution >= 4 is 11.8 Å². The fraction of sp³-hybridized carbons (Fsp3) is 0.417. The molecule has 0 aliphatic rings. The molecule has 9 heteroatoms. The van der Waals surface area contributed by atoms with E-state index in [2.05, 4.69) is 25.6 Å². The average molecular weight is 300 g/mol. The Morgan fingerprint density at radius 1 is 1.24 bits per heavy atom. The Hall–Kier alpha value is -2.32. The van der Waals surface area contributed by atoms with E-state index in [1.165, 1.54) is 0 Å². The van der Waals surface area contributed by atoms with Crippen LogP contribution in [0.25, 0.3) is 0 Å². The van der Waals surface area contributed by atoms with Crippen LogP contribution in [-0.4, -0.2) is 32.6 Å². The summed E-state index contributed by atoms with van der Waals surface area (Å²) in [5.74, 6) is 0.0887. The number of imidazole rings is 1. The highest BCUT2D eigenvalue weighted by molar-refractivity contribution is 5.43. The third-order valence-electron chi connectivity index (χ3n) is 2.59. The number of halogens is 3. The highest BCUT2D eigenvalue weighted by atomic mass is 19.4. The quantitative estimate of drug-likeness (QED) is 0.856. The van der Waals surface area contributed by atoms with Crippen LogP contribution in [0.1, 0.15) is 12.6 Å². The molecule has 21 heavy (non-hydrogen) atoms. The van der Waals surface area contributed by atoms with Crippen LogP contribution >= 0.6 is 0 Å². The predicted octanol–water partition coefficient (Wildman–Crippen LogP) is 2.24. The highest BCUT2D eigenvalue weighted by Crippen LogP contribution is 2.29. The van der Waals surface area contributed by atoms with Crippen LogP contribution in [0.4, 0.5) is 24.9 Å². The first-order valence-electron chi connectivity index (χ1n) is 6.39. The van der Waals surface area contributed by atoms with E-state index < -0.39 is 11.9 Å². The van der Waals surface area contributed by atoms with E-state index >= 15 is 0 Å². The second-order valence-corrected chi connectivity index (χ2v) is 4.22. The molecule has 0 amide bonds. The monoisotopic (exact) mass is 300 g/mol. The molecule has 0 radical (unpaired) electrons. The Labute approximate surface area is 119 Å². The van der Waals surface area contributed by atoms with E-state index in [0.29, 0.717) is 19.6 Å². The van der Waals surface area contributed by atoms with Gasteiger partial charge in [0, 0.05) is 38.1 Å². The standard InChI is InChI=1S/C12H15F3N6/c1-2-17-11-19-9(12(13,14)15)7-10(20-11)18-4-6-21-5-3-16-8-21/h3,5,7-8H,2,4,6H2,1H3,(H2,17,18,19,20). The molecule has 0 aliphatic carbocycles. The highest BCUT2D eigenvalue weighted by Gasteiger charge is 2.33. The second kappa shape index (κ2) is 6.42. The summed E-state index contributed by atoms with van der Waals surface area (Å²) in [6.07, 6.45) is 0.531. The zero-order valence-electron chi connectivity index (χ0n) is 11.4.